The number of hydrogen-bond acceptors (Lipinski definition) is 7. The van der Waals surface area contributed by atoms with Crippen LogP contribution < -0.4 is 10.6 Å². The number of ether oxygens (including phenoxy) is 3. The topological polar surface area (TPSA) is 123 Å². The number of rotatable bonds is 28. The van der Waals surface area contributed by atoms with E-state index in [4.69, 9.17) is 9.47 Å². The Labute approximate surface area is 300 Å². The van der Waals surface area contributed by atoms with Crippen LogP contribution >= 0.6 is 0 Å². The number of hydrogen-bond donors (Lipinski definition) is 2. The van der Waals surface area contributed by atoms with E-state index in [2.05, 4.69) is 15.4 Å². The van der Waals surface area contributed by atoms with Crippen LogP contribution in [-0.4, -0.2) is 62.3 Å². The Morgan fingerprint density at radius 2 is 0.940 bits per heavy atom. The number of methoxy groups -OCH3 is 1. The molecule has 0 bridgehead atoms. The van der Waals surface area contributed by atoms with E-state index in [1.165, 1.54) is 52.1 Å². The largest absolute Gasteiger partial charge is 0.469 e. The third-order valence-corrected chi connectivity index (χ3v) is 8.53. The summed E-state index contributed by atoms with van der Waals surface area (Å²) >= 11 is 0. The summed E-state index contributed by atoms with van der Waals surface area (Å²) in [5.74, 6) is 0.0222. The molecule has 0 saturated heterocycles. The monoisotopic (exact) mass is 695 g/mol. The number of benzene rings is 2. The number of carbonyl (C=O) groups is 4. The van der Waals surface area contributed by atoms with Crippen LogP contribution in [0.2, 0.25) is 0 Å². The number of nitrogens with zero attached hydrogens (tertiary/aromatic N) is 1. The first-order chi connectivity index (χ1) is 24.5. The average Bonchev–Trinajstić information content (AvgIpc) is 3.14. The van der Waals surface area contributed by atoms with Crippen LogP contribution in [0.5, 0.6) is 0 Å². The first-order valence-electron chi connectivity index (χ1n) is 18.7. The number of nitrogens with one attached hydrogen (secondary N) is 2. The molecule has 0 spiro atoms. The zero-order valence-corrected chi connectivity index (χ0v) is 30.3. The fraction of sp³-hybridized carbons (Fsp3) is 0.600. The number of carbonyl (C=O) groups excluding carboxylic acids is 4. The first-order valence-corrected chi connectivity index (χ1v) is 18.7. The molecule has 0 saturated carbocycles. The molecule has 0 unspecified atom stereocenters. The second kappa shape index (κ2) is 28.7. The maximum atomic E-state index is 13.2. The van der Waals surface area contributed by atoms with Gasteiger partial charge in [-0.15, -0.1) is 0 Å². The van der Waals surface area contributed by atoms with Crippen molar-refractivity contribution in [3.63, 3.8) is 0 Å². The highest BCUT2D eigenvalue weighted by Crippen LogP contribution is 2.14. The van der Waals surface area contributed by atoms with Crippen LogP contribution in [-0.2, 0) is 37.0 Å². The summed E-state index contributed by atoms with van der Waals surface area (Å²) in [6.45, 7) is 2.48. The van der Waals surface area contributed by atoms with E-state index in [-0.39, 0.29) is 25.1 Å². The van der Waals surface area contributed by atoms with Gasteiger partial charge in [-0.1, -0.05) is 125 Å². The van der Waals surface area contributed by atoms with Crippen molar-refractivity contribution in [2.45, 2.75) is 122 Å². The third kappa shape index (κ3) is 22.5. The molecule has 0 heterocycles. The lowest BCUT2D eigenvalue weighted by molar-refractivity contribution is -0.140. The van der Waals surface area contributed by atoms with Gasteiger partial charge in [-0.25, -0.2) is 9.59 Å². The molecular formula is C40H61N3O7. The van der Waals surface area contributed by atoms with Gasteiger partial charge in [0.15, 0.2) is 0 Å². The summed E-state index contributed by atoms with van der Waals surface area (Å²) in [6, 6.07) is 19.1. The van der Waals surface area contributed by atoms with Gasteiger partial charge in [0.2, 0.25) is 5.91 Å². The quantitative estimate of drug-likeness (QED) is 0.0520. The second-order valence-corrected chi connectivity index (χ2v) is 12.7. The Kier molecular flexibility index (Phi) is 24.2. The van der Waals surface area contributed by atoms with Gasteiger partial charge in [-0.05, 0) is 43.2 Å². The predicted molar refractivity (Wildman–Crippen MR) is 196 cm³/mol. The van der Waals surface area contributed by atoms with Crippen molar-refractivity contribution in [3.8, 4) is 0 Å². The van der Waals surface area contributed by atoms with E-state index in [1.54, 1.807) is 0 Å². The van der Waals surface area contributed by atoms with Gasteiger partial charge in [0, 0.05) is 39.0 Å². The standard InChI is InChI=1S/C40H61N3O7/c1-48-38(45)28-19-11-9-7-5-3-2-4-6-8-10-18-27-37(44)43(32-22-30-42-40(47)50-34-36-25-16-13-17-26-36)31-21-20-29-41-39(46)49-33-35-23-14-12-15-24-35/h12-17,23-26H,2-11,18-22,27-34H2,1H3,(H,41,46)(H,42,47). The smallest absolute Gasteiger partial charge is 0.407 e. The number of amides is 3. The molecule has 0 aliphatic rings. The van der Waals surface area contributed by atoms with Crippen molar-refractivity contribution < 1.29 is 33.4 Å². The summed E-state index contributed by atoms with van der Waals surface area (Å²) in [7, 11) is 1.44. The van der Waals surface area contributed by atoms with Crippen LogP contribution in [0.15, 0.2) is 60.7 Å². The molecule has 2 rings (SSSR count). The fourth-order valence-corrected chi connectivity index (χ4v) is 5.56. The SMILES string of the molecule is COC(=O)CCCCCCCCCCCCCCC(=O)N(CCCCNC(=O)OCc1ccccc1)CCCNC(=O)OCc1ccccc1. The highest BCUT2D eigenvalue weighted by atomic mass is 16.6. The summed E-state index contributed by atoms with van der Waals surface area (Å²) in [4.78, 5) is 50.4. The minimum atomic E-state index is -0.468. The number of esters is 1. The van der Waals surface area contributed by atoms with Crippen LogP contribution in [0.1, 0.15) is 120 Å². The molecule has 2 aromatic carbocycles. The zero-order chi connectivity index (χ0) is 35.9. The fourth-order valence-electron chi connectivity index (χ4n) is 5.56. The number of unbranched alkanes of at least 4 members (excludes halogenated alkanes) is 12. The van der Waals surface area contributed by atoms with Crippen molar-refractivity contribution in [3.05, 3.63) is 71.8 Å². The van der Waals surface area contributed by atoms with Gasteiger partial charge in [0.1, 0.15) is 13.2 Å². The normalized spacial score (nSPS) is 10.7. The van der Waals surface area contributed by atoms with E-state index >= 15 is 0 Å². The summed E-state index contributed by atoms with van der Waals surface area (Å²) in [5.41, 5.74) is 1.86. The zero-order valence-electron chi connectivity index (χ0n) is 30.3. The molecule has 10 heteroatoms. The molecule has 0 aromatic heterocycles. The summed E-state index contributed by atoms with van der Waals surface area (Å²) in [5, 5.41) is 5.57. The van der Waals surface area contributed by atoms with E-state index in [0.717, 1.165) is 56.1 Å². The molecule has 10 nitrogen and oxygen atoms in total. The predicted octanol–water partition coefficient (Wildman–Crippen LogP) is 8.47. The van der Waals surface area contributed by atoms with E-state index in [9.17, 15) is 19.2 Å². The molecule has 50 heavy (non-hydrogen) atoms. The molecule has 3 amide bonds. The minimum absolute atomic E-state index is 0.115. The third-order valence-electron chi connectivity index (χ3n) is 8.53. The van der Waals surface area contributed by atoms with Crippen LogP contribution in [0.25, 0.3) is 0 Å². The lowest BCUT2D eigenvalue weighted by Gasteiger charge is -2.23. The van der Waals surface area contributed by atoms with Crippen molar-refractivity contribution in [2.75, 3.05) is 33.3 Å². The Morgan fingerprint density at radius 1 is 0.520 bits per heavy atom. The molecule has 0 radical (unpaired) electrons. The summed E-state index contributed by atoms with van der Waals surface area (Å²) in [6.07, 6.45) is 15.9. The molecule has 2 N–H and O–H groups in total. The molecular weight excluding hydrogens is 634 g/mol. The Bertz CT molecular complexity index is 1180. The van der Waals surface area contributed by atoms with Crippen LogP contribution in [0.3, 0.4) is 0 Å². The van der Waals surface area contributed by atoms with E-state index < -0.39 is 12.2 Å². The Balaban J connectivity index is 1.59. The first kappa shape index (κ1) is 42.1. The van der Waals surface area contributed by atoms with E-state index in [0.29, 0.717) is 45.4 Å². The van der Waals surface area contributed by atoms with Gasteiger partial charge >= 0.3 is 18.2 Å². The van der Waals surface area contributed by atoms with Gasteiger partial charge < -0.3 is 29.7 Å². The molecule has 2 aromatic rings. The molecule has 0 fully saturated rings. The average molecular weight is 696 g/mol. The van der Waals surface area contributed by atoms with Crippen molar-refractivity contribution in [1.82, 2.24) is 15.5 Å². The lowest BCUT2D eigenvalue weighted by atomic mass is 10.0. The van der Waals surface area contributed by atoms with Gasteiger partial charge in [0.05, 0.1) is 7.11 Å². The molecule has 0 aliphatic carbocycles. The highest BCUT2D eigenvalue weighted by molar-refractivity contribution is 5.76. The highest BCUT2D eigenvalue weighted by Gasteiger charge is 2.13. The maximum Gasteiger partial charge on any atom is 0.407 e. The lowest BCUT2D eigenvalue weighted by Crippen LogP contribution is -2.35. The maximum absolute atomic E-state index is 13.2. The van der Waals surface area contributed by atoms with Crippen molar-refractivity contribution >= 4 is 24.1 Å². The Hall–Kier alpha value is -4.08. The van der Waals surface area contributed by atoms with Gasteiger partial charge in [-0.3, -0.25) is 9.59 Å². The van der Waals surface area contributed by atoms with E-state index in [1.807, 2.05) is 65.6 Å². The second-order valence-electron chi connectivity index (χ2n) is 12.7. The van der Waals surface area contributed by atoms with Crippen molar-refractivity contribution in [2.24, 2.45) is 0 Å². The van der Waals surface area contributed by atoms with Gasteiger partial charge in [0.25, 0.3) is 0 Å². The Morgan fingerprint density at radius 3 is 1.42 bits per heavy atom. The molecule has 0 atom stereocenters. The van der Waals surface area contributed by atoms with Gasteiger partial charge in [-0.2, -0.15) is 0 Å². The van der Waals surface area contributed by atoms with Crippen LogP contribution in [0, 0.1) is 0 Å². The minimum Gasteiger partial charge on any atom is -0.469 e. The number of alkyl carbamates (subject to hydrolysis) is 2. The van der Waals surface area contributed by atoms with Crippen molar-refractivity contribution in [1.29, 1.82) is 0 Å². The molecule has 278 valence electrons. The summed E-state index contributed by atoms with van der Waals surface area (Å²) < 4.78 is 15.2. The molecule has 0 aliphatic heterocycles. The van der Waals surface area contributed by atoms with Crippen LogP contribution in [0.4, 0.5) is 9.59 Å².